The molecule has 0 unspecified atom stereocenters. The van der Waals surface area contributed by atoms with Gasteiger partial charge in [0.25, 0.3) is 0 Å². The number of benzene rings is 1. The van der Waals surface area contributed by atoms with Crippen molar-refractivity contribution in [2.45, 2.75) is 6.92 Å². The van der Waals surface area contributed by atoms with Gasteiger partial charge in [-0.25, -0.2) is 9.18 Å². The van der Waals surface area contributed by atoms with Gasteiger partial charge in [0.15, 0.2) is 5.75 Å². The van der Waals surface area contributed by atoms with Crippen molar-refractivity contribution in [3.05, 3.63) is 33.9 Å². The molecule has 6 nitrogen and oxygen atoms in total. The van der Waals surface area contributed by atoms with Gasteiger partial charge in [-0.3, -0.25) is 10.1 Å². The second-order valence-corrected chi connectivity index (χ2v) is 3.20. The van der Waals surface area contributed by atoms with Crippen molar-refractivity contribution in [1.29, 1.82) is 0 Å². The molecule has 0 spiro atoms. The maximum absolute atomic E-state index is 12.0. The molecule has 0 aliphatic carbocycles. The van der Waals surface area contributed by atoms with Gasteiger partial charge in [0.2, 0.25) is 0 Å². The highest BCUT2D eigenvalue weighted by molar-refractivity contribution is 5.90. The zero-order valence-corrected chi connectivity index (χ0v) is 9.72. The zero-order valence-electron chi connectivity index (χ0n) is 9.72. The van der Waals surface area contributed by atoms with Crippen molar-refractivity contribution in [1.82, 2.24) is 0 Å². The van der Waals surface area contributed by atoms with Crippen LogP contribution in [0.3, 0.4) is 0 Å². The molecule has 0 aromatic heterocycles. The summed E-state index contributed by atoms with van der Waals surface area (Å²) in [5, 5.41) is 10.7. The number of carbonyl (C=O) groups excluding carboxylic acids is 1. The summed E-state index contributed by atoms with van der Waals surface area (Å²) in [6.45, 7) is 0.744. The highest BCUT2D eigenvalue weighted by atomic mass is 19.1. The van der Waals surface area contributed by atoms with E-state index in [0.717, 1.165) is 6.07 Å². The summed E-state index contributed by atoms with van der Waals surface area (Å²) in [5.41, 5.74) is -0.201. The monoisotopic (exact) mass is 257 g/mol. The fourth-order valence-electron chi connectivity index (χ4n) is 1.27. The van der Waals surface area contributed by atoms with Gasteiger partial charge in [-0.2, -0.15) is 0 Å². The van der Waals surface area contributed by atoms with E-state index in [1.54, 1.807) is 6.92 Å². The number of alkyl halides is 1. The van der Waals surface area contributed by atoms with Crippen LogP contribution in [0.25, 0.3) is 0 Å². The Hall–Kier alpha value is -2.18. The summed E-state index contributed by atoms with van der Waals surface area (Å²) >= 11 is 0. The molecule has 1 aromatic rings. The van der Waals surface area contributed by atoms with Crippen LogP contribution in [-0.4, -0.2) is 30.8 Å². The molecule has 0 saturated carbocycles. The second-order valence-electron chi connectivity index (χ2n) is 3.20. The van der Waals surface area contributed by atoms with E-state index >= 15 is 0 Å². The molecule has 1 aromatic carbocycles. The molecule has 0 heterocycles. The molecule has 0 N–H and O–H groups in total. The maximum Gasteiger partial charge on any atom is 0.338 e. The predicted molar refractivity (Wildman–Crippen MR) is 60.5 cm³/mol. The van der Waals surface area contributed by atoms with Gasteiger partial charge in [-0.05, 0) is 13.0 Å². The van der Waals surface area contributed by atoms with E-state index in [9.17, 15) is 19.3 Å². The lowest BCUT2D eigenvalue weighted by Gasteiger charge is -2.07. The molecule has 0 atom stereocenters. The van der Waals surface area contributed by atoms with Crippen molar-refractivity contribution in [2.75, 3.05) is 19.9 Å². The van der Waals surface area contributed by atoms with E-state index in [4.69, 9.17) is 9.47 Å². The van der Waals surface area contributed by atoms with Crippen molar-refractivity contribution < 1.29 is 23.6 Å². The molecule has 0 fully saturated rings. The third kappa shape index (κ3) is 3.41. The number of carbonyl (C=O) groups is 1. The minimum absolute atomic E-state index is 0.122. The largest absolute Gasteiger partial charge is 0.484 e. The summed E-state index contributed by atoms with van der Waals surface area (Å²) in [4.78, 5) is 21.5. The minimum atomic E-state index is -0.777. The quantitative estimate of drug-likeness (QED) is 0.443. The molecule has 98 valence electrons. The van der Waals surface area contributed by atoms with Gasteiger partial charge in [-0.1, -0.05) is 0 Å². The van der Waals surface area contributed by atoms with Gasteiger partial charge >= 0.3 is 11.7 Å². The van der Waals surface area contributed by atoms with E-state index < -0.39 is 17.6 Å². The highest BCUT2D eigenvalue weighted by Gasteiger charge is 2.18. The highest BCUT2D eigenvalue weighted by Crippen LogP contribution is 2.28. The number of esters is 1. The number of nitrogens with zero attached hydrogens (tertiary/aromatic N) is 1. The molecule has 0 bridgehead atoms. The number of rotatable bonds is 6. The first-order valence-electron chi connectivity index (χ1n) is 5.24. The number of nitro groups is 1. The number of ether oxygens (including phenoxy) is 2. The Morgan fingerprint density at radius 2 is 2.22 bits per heavy atom. The zero-order chi connectivity index (χ0) is 13.5. The van der Waals surface area contributed by atoms with Crippen LogP contribution < -0.4 is 4.74 Å². The molecule has 0 aliphatic rings. The Balaban J connectivity index is 3.04. The Bertz CT molecular complexity index is 449. The average molecular weight is 257 g/mol. The van der Waals surface area contributed by atoms with Crippen LogP contribution in [0.15, 0.2) is 18.2 Å². The van der Waals surface area contributed by atoms with Crippen molar-refractivity contribution in [3.8, 4) is 5.75 Å². The molecular formula is C11H12FNO5. The SMILES string of the molecule is CCOC(=O)c1ccc([N+](=O)[O-])c(OCCF)c1. The number of hydrogen-bond acceptors (Lipinski definition) is 5. The molecule has 0 radical (unpaired) electrons. The molecular weight excluding hydrogens is 245 g/mol. The molecule has 7 heteroatoms. The molecule has 1 rings (SSSR count). The van der Waals surface area contributed by atoms with Crippen LogP contribution in [0.1, 0.15) is 17.3 Å². The standard InChI is InChI=1S/C11H12FNO5/c1-2-17-11(14)8-3-4-9(13(15)16)10(7-8)18-6-5-12/h3-4,7H,2,5-6H2,1H3. The molecule has 0 amide bonds. The maximum atomic E-state index is 12.0. The summed E-state index contributed by atoms with van der Waals surface area (Å²) in [7, 11) is 0. The van der Waals surface area contributed by atoms with E-state index in [1.807, 2.05) is 0 Å². The van der Waals surface area contributed by atoms with Crippen LogP contribution in [0.4, 0.5) is 10.1 Å². The van der Waals surface area contributed by atoms with Crippen molar-refractivity contribution in [3.63, 3.8) is 0 Å². The van der Waals surface area contributed by atoms with Crippen LogP contribution >= 0.6 is 0 Å². The van der Waals surface area contributed by atoms with Crippen LogP contribution in [0.2, 0.25) is 0 Å². The summed E-state index contributed by atoms with van der Waals surface area (Å²) in [6, 6.07) is 3.56. The lowest BCUT2D eigenvalue weighted by atomic mass is 10.2. The van der Waals surface area contributed by atoms with E-state index in [2.05, 4.69) is 0 Å². The summed E-state index contributed by atoms with van der Waals surface area (Å²) < 4.78 is 21.6. The third-order valence-corrected chi connectivity index (χ3v) is 2.00. The average Bonchev–Trinajstić information content (AvgIpc) is 2.36. The summed E-state index contributed by atoms with van der Waals surface area (Å²) in [5.74, 6) is -0.763. The first kappa shape index (κ1) is 13.9. The lowest BCUT2D eigenvalue weighted by Crippen LogP contribution is -2.07. The number of nitro benzene ring substituents is 1. The van der Waals surface area contributed by atoms with Gasteiger partial charge in [0.1, 0.15) is 13.3 Å². The first-order chi connectivity index (χ1) is 8.60. The number of hydrogen-bond donors (Lipinski definition) is 0. The Kier molecular flexibility index (Phi) is 5.04. The van der Waals surface area contributed by atoms with Crippen molar-refractivity contribution in [2.24, 2.45) is 0 Å². The van der Waals surface area contributed by atoms with Gasteiger partial charge in [0, 0.05) is 12.1 Å². The predicted octanol–water partition coefficient (Wildman–Crippen LogP) is 2.12. The molecule has 0 saturated heterocycles. The Morgan fingerprint density at radius 3 is 2.78 bits per heavy atom. The fourth-order valence-corrected chi connectivity index (χ4v) is 1.27. The van der Waals surface area contributed by atoms with Crippen LogP contribution in [0, 0.1) is 10.1 Å². The van der Waals surface area contributed by atoms with Crippen LogP contribution in [0.5, 0.6) is 5.75 Å². The normalized spacial score (nSPS) is 9.89. The smallest absolute Gasteiger partial charge is 0.338 e. The van der Waals surface area contributed by atoms with E-state index in [-0.39, 0.29) is 30.2 Å². The van der Waals surface area contributed by atoms with Crippen molar-refractivity contribution >= 4 is 11.7 Å². The number of halogens is 1. The third-order valence-electron chi connectivity index (χ3n) is 2.00. The Morgan fingerprint density at radius 1 is 1.50 bits per heavy atom. The topological polar surface area (TPSA) is 78.7 Å². The van der Waals surface area contributed by atoms with Gasteiger partial charge < -0.3 is 9.47 Å². The van der Waals surface area contributed by atoms with E-state index in [1.165, 1.54) is 12.1 Å². The fraction of sp³-hybridized carbons (Fsp3) is 0.364. The molecule has 0 aliphatic heterocycles. The van der Waals surface area contributed by atoms with Crippen LogP contribution in [-0.2, 0) is 4.74 Å². The van der Waals surface area contributed by atoms with Gasteiger partial charge in [-0.15, -0.1) is 0 Å². The summed E-state index contributed by atoms with van der Waals surface area (Å²) in [6.07, 6.45) is 0. The first-order valence-corrected chi connectivity index (χ1v) is 5.24. The van der Waals surface area contributed by atoms with Gasteiger partial charge in [0.05, 0.1) is 17.1 Å². The second kappa shape index (κ2) is 6.53. The Labute approximate surface area is 102 Å². The minimum Gasteiger partial charge on any atom is -0.484 e. The lowest BCUT2D eigenvalue weighted by molar-refractivity contribution is -0.385. The molecule has 18 heavy (non-hydrogen) atoms. The van der Waals surface area contributed by atoms with E-state index in [0.29, 0.717) is 0 Å².